The molecule has 1 saturated heterocycles. The number of carboxylic acid groups (broad SMARTS) is 1. The van der Waals surface area contributed by atoms with Gasteiger partial charge in [0.15, 0.2) is 5.54 Å². The van der Waals surface area contributed by atoms with Gasteiger partial charge in [-0.05, 0) is 34.1 Å². The van der Waals surface area contributed by atoms with E-state index in [1.54, 1.807) is 12.1 Å². The smallest absolute Gasteiger partial charge is 0.327 e. The molecule has 9 heteroatoms. The molecule has 0 spiro atoms. The van der Waals surface area contributed by atoms with E-state index >= 15 is 0 Å². The summed E-state index contributed by atoms with van der Waals surface area (Å²) in [4.78, 5) is 11.3. The number of ether oxygens (including phenoxy) is 1. The number of aliphatic carboxylic acids is 1. The predicted molar refractivity (Wildman–Crippen MR) is 78.0 cm³/mol. The normalized spacial score (nSPS) is 22.9. The molecule has 0 aliphatic carbocycles. The number of hydrogen-bond donors (Lipinski definition) is 2. The summed E-state index contributed by atoms with van der Waals surface area (Å²) in [5.41, 5.74) is -1.61. The summed E-state index contributed by atoms with van der Waals surface area (Å²) in [6, 6.07) is 4.53. The Kier molecular flexibility index (Phi) is 4.55. The zero-order chi connectivity index (χ0) is 15.0. The van der Waals surface area contributed by atoms with Gasteiger partial charge in [-0.25, -0.2) is 8.42 Å². The molecule has 1 atom stereocenters. The van der Waals surface area contributed by atoms with Gasteiger partial charge in [0.2, 0.25) is 10.0 Å². The van der Waals surface area contributed by atoms with Crippen LogP contribution in [0.1, 0.15) is 6.42 Å². The number of benzene rings is 1. The van der Waals surface area contributed by atoms with Gasteiger partial charge >= 0.3 is 5.97 Å². The van der Waals surface area contributed by atoms with Crippen LogP contribution in [0.3, 0.4) is 0 Å². The lowest BCUT2D eigenvalue weighted by Gasteiger charge is -2.23. The van der Waals surface area contributed by atoms with E-state index in [4.69, 9.17) is 4.74 Å². The Hall–Kier alpha value is -0.480. The summed E-state index contributed by atoms with van der Waals surface area (Å²) in [6.07, 6.45) is 0.0930. The van der Waals surface area contributed by atoms with Gasteiger partial charge in [-0.15, -0.1) is 0 Å². The van der Waals surface area contributed by atoms with E-state index in [2.05, 4.69) is 36.6 Å². The van der Waals surface area contributed by atoms with E-state index in [1.165, 1.54) is 6.07 Å². The highest BCUT2D eigenvalue weighted by Gasteiger charge is 2.46. The molecule has 6 nitrogen and oxygen atoms in total. The molecule has 0 bridgehead atoms. The molecule has 2 N–H and O–H groups in total. The predicted octanol–water partition coefficient (Wildman–Crippen LogP) is 1.73. The minimum Gasteiger partial charge on any atom is -0.480 e. The Balaban J connectivity index is 2.38. The van der Waals surface area contributed by atoms with Gasteiger partial charge in [-0.3, -0.25) is 4.79 Å². The van der Waals surface area contributed by atoms with Gasteiger partial charge in [0.25, 0.3) is 0 Å². The molecular weight excluding hydrogens is 418 g/mol. The second-order valence-corrected chi connectivity index (χ2v) is 7.79. The molecule has 2 rings (SSSR count). The van der Waals surface area contributed by atoms with Gasteiger partial charge in [-0.1, -0.05) is 15.9 Å². The van der Waals surface area contributed by atoms with Gasteiger partial charge in [0.05, 0.1) is 11.5 Å². The average molecular weight is 429 g/mol. The van der Waals surface area contributed by atoms with Crippen LogP contribution in [-0.2, 0) is 19.6 Å². The van der Waals surface area contributed by atoms with E-state index in [1.807, 2.05) is 0 Å². The fourth-order valence-corrected chi connectivity index (χ4v) is 4.98. The number of carbonyl (C=O) groups is 1. The van der Waals surface area contributed by atoms with Crippen LogP contribution in [0.25, 0.3) is 0 Å². The van der Waals surface area contributed by atoms with Crippen molar-refractivity contribution in [3.05, 3.63) is 27.1 Å². The largest absolute Gasteiger partial charge is 0.480 e. The van der Waals surface area contributed by atoms with Gasteiger partial charge in [-0.2, -0.15) is 4.72 Å². The maximum atomic E-state index is 12.4. The topological polar surface area (TPSA) is 92.7 Å². The van der Waals surface area contributed by atoms with Crippen molar-refractivity contribution in [1.29, 1.82) is 0 Å². The van der Waals surface area contributed by atoms with Crippen LogP contribution in [0, 0.1) is 0 Å². The lowest BCUT2D eigenvalue weighted by Crippen LogP contribution is -2.55. The van der Waals surface area contributed by atoms with Crippen LogP contribution in [0.2, 0.25) is 0 Å². The van der Waals surface area contributed by atoms with Crippen molar-refractivity contribution < 1.29 is 23.1 Å². The maximum Gasteiger partial charge on any atom is 0.327 e. The van der Waals surface area contributed by atoms with Crippen LogP contribution in [0.5, 0.6) is 0 Å². The Bertz CT molecular complexity index is 640. The Morgan fingerprint density at radius 3 is 2.60 bits per heavy atom. The third-order valence-electron chi connectivity index (χ3n) is 2.94. The van der Waals surface area contributed by atoms with Crippen LogP contribution in [0.4, 0.5) is 0 Å². The molecule has 1 unspecified atom stereocenters. The van der Waals surface area contributed by atoms with E-state index in [-0.39, 0.29) is 24.5 Å². The van der Waals surface area contributed by atoms with E-state index in [9.17, 15) is 18.3 Å². The fourth-order valence-electron chi connectivity index (χ4n) is 1.86. The molecule has 0 saturated carbocycles. The van der Waals surface area contributed by atoms with Crippen molar-refractivity contribution in [3.63, 3.8) is 0 Å². The first-order valence-corrected chi connectivity index (χ1v) is 8.64. The second kappa shape index (κ2) is 5.72. The summed E-state index contributed by atoms with van der Waals surface area (Å²) in [7, 11) is -3.97. The first kappa shape index (κ1) is 15.9. The first-order chi connectivity index (χ1) is 9.27. The first-order valence-electron chi connectivity index (χ1n) is 5.57. The number of carboxylic acids is 1. The van der Waals surface area contributed by atoms with Gasteiger partial charge in [0.1, 0.15) is 0 Å². The molecule has 1 aliphatic rings. The molecular formula is C11H11Br2NO5S. The molecule has 1 heterocycles. The minimum atomic E-state index is -3.97. The van der Waals surface area contributed by atoms with E-state index in [0.717, 1.165) is 0 Å². The Labute approximate surface area is 132 Å². The fraction of sp³-hybridized carbons (Fsp3) is 0.364. The molecule has 110 valence electrons. The van der Waals surface area contributed by atoms with Crippen molar-refractivity contribution in [2.75, 3.05) is 13.2 Å². The molecule has 1 aromatic rings. The van der Waals surface area contributed by atoms with E-state index < -0.39 is 21.5 Å². The highest BCUT2D eigenvalue weighted by atomic mass is 79.9. The Morgan fingerprint density at radius 1 is 1.40 bits per heavy atom. The van der Waals surface area contributed by atoms with Crippen LogP contribution < -0.4 is 4.72 Å². The molecule has 20 heavy (non-hydrogen) atoms. The lowest BCUT2D eigenvalue weighted by atomic mass is 10.0. The second-order valence-electron chi connectivity index (χ2n) is 4.37. The third kappa shape index (κ3) is 3.06. The summed E-state index contributed by atoms with van der Waals surface area (Å²) in [5.74, 6) is -1.24. The molecule has 1 aromatic carbocycles. The van der Waals surface area contributed by atoms with Crippen LogP contribution in [0.15, 0.2) is 32.0 Å². The summed E-state index contributed by atoms with van der Waals surface area (Å²) < 4.78 is 33.0. The van der Waals surface area contributed by atoms with E-state index in [0.29, 0.717) is 8.95 Å². The minimum absolute atomic E-state index is 0.0202. The molecule has 1 fully saturated rings. The number of sulfonamides is 1. The monoisotopic (exact) mass is 427 g/mol. The zero-order valence-electron chi connectivity index (χ0n) is 10.1. The average Bonchev–Trinajstić information content (AvgIpc) is 2.77. The SMILES string of the molecule is O=C(O)C1(NS(=O)(=O)c2ccc(Br)cc2Br)CCOC1. The molecule has 0 aromatic heterocycles. The standard InChI is InChI=1S/C11H11Br2NO5S/c12-7-1-2-9(8(13)5-7)20(17,18)14-11(10(15)16)3-4-19-6-11/h1-2,5,14H,3-4,6H2,(H,15,16). The van der Waals surface area contributed by atoms with Crippen molar-refractivity contribution in [2.45, 2.75) is 16.9 Å². The molecule has 1 aliphatic heterocycles. The van der Waals surface area contributed by atoms with Crippen molar-refractivity contribution in [3.8, 4) is 0 Å². The van der Waals surface area contributed by atoms with Crippen molar-refractivity contribution in [1.82, 2.24) is 4.72 Å². The number of halogens is 2. The molecule has 0 radical (unpaired) electrons. The molecule has 0 amide bonds. The summed E-state index contributed by atoms with van der Waals surface area (Å²) in [5, 5.41) is 9.26. The number of rotatable bonds is 4. The number of nitrogens with one attached hydrogen (secondary N) is 1. The summed E-state index contributed by atoms with van der Waals surface area (Å²) in [6.45, 7) is 0.0199. The van der Waals surface area contributed by atoms with Gasteiger partial charge in [0, 0.05) is 22.0 Å². The quantitative estimate of drug-likeness (QED) is 0.761. The maximum absolute atomic E-state index is 12.4. The van der Waals surface area contributed by atoms with Gasteiger partial charge < -0.3 is 9.84 Å². The van der Waals surface area contributed by atoms with Crippen molar-refractivity contribution in [2.24, 2.45) is 0 Å². The van der Waals surface area contributed by atoms with Crippen molar-refractivity contribution >= 4 is 47.9 Å². The summed E-state index contributed by atoms with van der Waals surface area (Å²) >= 11 is 6.38. The third-order valence-corrected chi connectivity index (χ3v) is 5.95. The lowest BCUT2D eigenvalue weighted by molar-refractivity contribution is -0.144. The van der Waals surface area contributed by atoms with Crippen LogP contribution >= 0.6 is 31.9 Å². The Morgan fingerprint density at radius 2 is 2.10 bits per heavy atom. The zero-order valence-corrected chi connectivity index (χ0v) is 14.1. The van der Waals surface area contributed by atoms with Crippen LogP contribution in [-0.4, -0.2) is 38.2 Å². The highest BCUT2D eigenvalue weighted by molar-refractivity contribution is 9.11. The number of hydrogen-bond acceptors (Lipinski definition) is 4. The highest BCUT2D eigenvalue weighted by Crippen LogP contribution is 2.28.